The minimum Gasteiger partial charge on any atom is -0.479 e. The van der Waals surface area contributed by atoms with E-state index in [1.807, 2.05) is 20.8 Å². The Morgan fingerprint density at radius 2 is 1.71 bits per heavy atom. The van der Waals surface area contributed by atoms with E-state index in [9.17, 15) is 14.7 Å². The summed E-state index contributed by atoms with van der Waals surface area (Å²) in [5.41, 5.74) is -1.37. The zero-order valence-corrected chi connectivity index (χ0v) is 15.3. The number of hydrogen-bond donors (Lipinski definition) is 1. The lowest BCUT2D eigenvalue weighted by molar-refractivity contribution is -0.248. The van der Waals surface area contributed by atoms with E-state index in [0.717, 1.165) is 38.5 Å². The Bertz CT molecular complexity index is 524. The van der Waals surface area contributed by atoms with Crippen molar-refractivity contribution in [2.24, 2.45) is 17.3 Å². The van der Waals surface area contributed by atoms with Crippen LogP contribution in [0.15, 0.2) is 0 Å². The number of carboxylic acids is 1. The molecular formula is C19H30O5. The van der Waals surface area contributed by atoms with E-state index in [1.165, 1.54) is 0 Å². The van der Waals surface area contributed by atoms with Crippen molar-refractivity contribution in [3.63, 3.8) is 0 Å². The molecule has 0 amide bonds. The van der Waals surface area contributed by atoms with Crippen molar-refractivity contribution in [2.45, 2.75) is 89.9 Å². The monoisotopic (exact) mass is 338 g/mol. The van der Waals surface area contributed by atoms with Crippen LogP contribution in [-0.4, -0.2) is 34.4 Å². The van der Waals surface area contributed by atoms with Gasteiger partial charge in [0.25, 0.3) is 0 Å². The third-order valence-electron chi connectivity index (χ3n) is 6.47. The van der Waals surface area contributed by atoms with Crippen molar-refractivity contribution < 1.29 is 24.2 Å². The van der Waals surface area contributed by atoms with Gasteiger partial charge in [0.15, 0.2) is 6.10 Å². The zero-order chi connectivity index (χ0) is 17.8. The SMILES string of the molecule is CCC(C)(C)C(=O)OC12CC3CC(C1)CC(OC(C)C(=O)O)(C3)C2. The molecule has 0 aromatic rings. The highest BCUT2D eigenvalue weighted by Crippen LogP contribution is 2.60. The largest absolute Gasteiger partial charge is 0.479 e. The molecule has 5 heteroatoms. The Morgan fingerprint density at radius 3 is 2.21 bits per heavy atom. The van der Waals surface area contributed by atoms with E-state index in [1.54, 1.807) is 6.92 Å². The molecule has 136 valence electrons. The van der Waals surface area contributed by atoms with Crippen LogP contribution in [0, 0.1) is 17.3 Å². The quantitative estimate of drug-likeness (QED) is 0.750. The average molecular weight is 338 g/mol. The zero-order valence-electron chi connectivity index (χ0n) is 15.3. The lowest BCUT2D eigenvalue weighted by atomic mass is 9.52. The lowest BCUT2D eigenvalue weighted by Gasteiger charge is -2.61. The highest BCUT2D eigenvalue weighted by atomic mass is 16.6. The molecule has 4 bridgehead atoms. The van der Waals surface area contributed by atoms with Crippen LogP contribution in [0.4, 0.5) is 0 Å². The Kier molecular flexibility index (Phi) is 4.22. The van der Waals surface area contributed by atoms with Gasteiger partial charge in [-0.1, -0.05) is 6.92 Å². The number of hydrogen-bond acceptors (Lipinski definition) is 4. The van der Waals surface area contributed by atoms with E-state index < -0.39 is 28.7 Å². The lowest BCUT2D eigenvalue weighted by Crippen LogP contribution is -2.62. The van der Waals surface area contributed by atoms with E-state index in [0.29, 0.717) is 18.3 Å². The van der Waals surface area contributed by atoms with Gasteiger partial charge in [-0.05, 0) is 71.1 Å². The number of rotatable bonds is 6. The van der Waals surface area contributed by atoms with Gasteiger partial charge in [-0.2, -0.15) is 0 Å². The highest BCUT2D eigenvalue weighted by Gasteiger charge is 2.61. The molecule has 4 rings (SSSR count). The van der Waals surface area contributed by atoms with Gasteiger partial charge in [0, 0.05) is 6.42 Å². The molecule has 0 saturated heterocycles. The van der Waals surface area contributed by atoms with E-state index in [2.05, 4.69) is 0 Å². The molecule has 5 nitrogen and oxygen atoms in total. The average Bonchev–Trinajstić information content (AvgIpc) is 2.44. The van der Waals surface area contributed by atoms with Crippen LogP contribution >= 0.6 is 0 Å². The molecule has 4 aliphatic rings. The second-order valence-electron chi connectivity index (χ2n) is 9.05. The van der Waals surface area contributed by atoms with Crippen molar-refractivity contribution in [3.8, 4) is 0 Å². The van der Waals surface area contributed by atoms with Gasteiger partial charge in [0.1, 0.15) is 5.60 Å². The number of esters is 1. The standard InChI is InChI=1S/C19H30O5/c1-5-17(3,4)16(22)24-19-9-13-6-14(10-19)8-18(7-13,11-19)23-12(2)15(20)21/h12-14H,5-11H2,1-4H3,(H,20,21). The fourth-order valence-corrected chi connectivity index (χ4v) is 5.26. The summed E-state index contributed by atoms with van der Waals surface area (Å²) in [5, 5.41) is 9.22. The van der Waals surface area contributed by atoms with Gasteiger partial charge in [-0.3, -0.25) is 4.79 Å². The van der Waals surface area contributed by atoms with Crippen molar-refractivity contribution >= 4 is 11.9 Å². The number of ether oxygens (including phenoxy) is 2. The number of carbonyl (C=O) groups is 2. The maximum absolute atomic E-state index is 12.7. The maximum atomic E-state index is 12.7. The summed E-state index contributed by atoms with van der Waals surface area (Å²) in [6.07, 6.45) is 5.34. The second-order valence-corrected chi connectivity index (χ2v) is 9.05. The first-order chi connectivity index (χ1) is 11.1. The Morgan fingerprint density at radius 1 is 1.17 bits per heavy atom. The van der Waals surface area contributed by atoms with Gasteiger partial charge >= 0.3 is 11.9 Å². The topological polar surface area (TPSA) is 72.8 Å². The molecule has 4 saturated carbocycles. The maximum Gasteiger partial charge on any atom is 0.332 e. The summed E-state index contributed by atoms with van der Waals surface area (Å²) >= 11 is 0. The summed E-state index contributed by atoms with van der Waals surface area (Å²) in [5.74, 6) is -0.105. The molecule has 0 aromatic heterocycles. The molecule has 4 fully saturated rings. The van der Waals surface area contributed by atoms with E-state index >= 15 is 0 Å². The van der Waals surface area contributed by atoms with E-state index in [-0.39, 0.29) is 5.97 Å². The smallest absolute Gasteiger partial charge is 0.332 e. The van der Waals surface area contributed by atoms with Crippen molar-refractivity contribution in [1.29, 1.82) is 0 Å². The van der Waals surface area contributed by atoms with Gasteiger partial charge in [-0.25, -0.2) is 4.79 Å². The molecule has 3 atom stereocenters. The highest BCUT2D eigenvalue weighted by molar-refractivity contribution is 5.76. The molecule has 0 radical (unpaired) electrons. The first-order valence-corrected chi connectivity index (χ1v) is 9.23. The van der Waals surface area contributed by atoms with Crippen LogP contribution in [0.2, 0.25) is 0 Å². The summed E-state index contributed by atoms with van der Waals surface area (Å²) in [6.45, 7) is 7.45. The third kappa shape index (κ3) is 3.07. The second kappa shape index (κ2) is 5.72. The molecular weight excluding hydrogens is 308 g/mol. The molecule has 1 N–H and O–H groups in total. The Hall–Kier alpha value is -1.10. The summed E-state index contributed by atoms with van der Waals surface area (Å²) in [7, 11) is 0. The third-order valence-corrected chi connectivity index (χ3v) is 6.47. The van der Waals surface area contributed by atoms with Crippen molar-refractivity contribution in [2.75, 3.05) is 0 Å². The predicted molar refractivity (Wildman–Crippen MR) is 88.5 cm³/mol. The van der Waals surface area contributed by atoms with Crippen LogP contribution in [0.3, 0.4) is 0 Å². The van der Waals surface area contributed by atoms with Gasteiger partial charge < -0.3 is 14.6 Å². The van der Waals surface area contributed by atoms with Crippen LogP contribution < -0.4 is 0 Å². The van der Waals surface area contributed by atoms with Crippen molar-refractivity contribution in [1.82, 2.24) is 0 Å². The Balaban J connectivity index is 1.80. The van der Waals surface area contributed by atoms with Gasteiger partial charge in [0.2, 0.25) is 0 Å². The normalized spacial score (nSPS) is 38.8. The molecule has 4 aliphatic carbocycles. The fraction of sp³-hybridized carbons (Fsp3) is 0.895. The molecule has 0 aliphatic heterocycles. The summed E-state index contributed by atoms with van der Waals surface area (Å²) in [4.78, 5) is 23.9. The number of carbonyl (C=O) groups excluding carboxylic acids is 1. The summed E-state index contributed by atoms with van der Waals surface area (Å²) in [6, 6.07) is 0. The van der Waals surface area contributed by atoms with Crippen LogP contribution in [0.25, 0.3) is 0 Å². The molecule has 24 heavy (non-hydrogen) atoms. The van der Waals surface area contributed by atoms with Crippen LogP contribution in [0.5, 0.6) is 0 Å². The van der Waals surface area contributed by atoms with Gasteiger partial charge in [-0.15, -0.1) is 0 Å². The molecule has 0 aromatic carbocycles. The van der Waals surface area contributed by atoms with Crippen LogP contribution in [0.1, 0.15) is 72.6 Å². The Labute approximate surface area is 144 Å². The first kappa shape index (κ1) is 17.7. The molecule has 0 spiro atoms. The number of aliphatic carboxylic acids is 1. The van der Waals surface area contributed by atoms with Crippen molar-refractivity contribution in [3.05, 3.63) is 0 Å². The van der Waals surface area contributed by atoms with E-state index in [4.69, 9.17) is 9.47 Å². The minimum absolute atomic E-state index is 0.131. The van der Waals surface area contributed by atoms with Crippen LogP contribution in [-0.2, 0) is 19.1 Å². The summed E-state index contributed by atoms with van der Waals surface area (Å²) < 4.78 is 12.1. The number of carboxylic acid groups (broad SMARTS) is 1. The fourth-order valence-electron chi connectivity index (χ4n) is 5.26. The first-order valence-electron chi connectivity index (χ1n) is 9.23. The van der Waals surface area contributed by atoms with Gasteiger partial charge in [0.05, 0.1) is 11.0 Å². The molecule has 0 heterocycles. The molecule has 3 unspecified atom stereocenters. The minimum atomic E-state index is -0.927. The predicted octanol–water partition coefficient (Wildman–Crippen LogP) is 3.55.